The van der Waals surface area contributed by atoms with Crippen LogP contribution in [0.5, 0.6) is 17.2 Å². The lowest BCUT2D eigenvalue weighted by Crippen LogP contribution is -2.15. The number of sulfonamides is 1. The van der Waals surface area contributed by atoms with Crippen LogP contribution in [0, 0.1) is 6.92 Å². The number of nitrogens with one attached hydrogen (secondary N) is 1. The number of hydrogen-bond acceptors (Lipinski definition) is 7. The molecule has 0 atom stereocenters. The normalized spacial score (nSPS) is 11.3. The summed E-state index contributed by atoms with van der Waals surface area (Å²) in [5.41, 5.74) is 1.25. The van der Waals surface area contributed by atoms with Crippen molar-refractivity contribution in [3.8, 4) is 17.2 Å². The molecule has 0 unspecified atom stereocenters. The van der Waals surface area contributed by atoms with E-state index in [0.717, 1.165) is 6.08 Å². The van der Waals surface area contributed by atoms with E-state index in [1.165, 1.54) is 52.7 Å². The van der Waals surface area contributed by atoms with Crippen LogP contribution in [0.1, 0.15) is 11.1 Å². The van der Waals surface area contributed by atoms with E-state index in [2.05, 4.69) is 9.46 Å². The Bertz CT molecular complexity index is 1080. The van der Waals surface area contributed by atoms with Crippen molar-refractivity contribution in [1.29, 1.82) is 0 Å². The summed E-state index contributed by atoms with van der Waals surface area (Å²) in [4.78, 5) is 11.2. The minimum absolute atomic E-state index is 0.00451. The Morgan fingerprint density at radius 2 is 1.67 bits per heavy atom. The second-order valence-corrected chi connectivity index (χ2v) is 8.08. The average molecular weight is 456 g/mol. The van der Waals surface area contributed by atoms with Gasteiger partial charge in [-0.1, -0.05) is 11.6 Å². The third kappa shape index (κ3) is 5.17. The predicted octanol–water partition coefficient (Wildman–Crippen LogP) is 3.66. The Kier molecular flexibility index (Phi) is 7.58. The lowest BCUT2D eigenvalue weighted by Gasteiger charge is -2.17. The SMILES string of the molecule is COC(=O)/C=C/c1cc(OC)c(OC)c(S(=O)(=O)Nc2cc(C)c(Cl)cc2OC)c1. The molecule has 0 bridgehead atoms. The van der Waals surface area contributed by atoms with Crippen molar-refractivity contribution >= 4 is 39.4 Å². The molecule has 8 nitrogen and oxygen atoms in total. The number of carbonyl (C=O) groups is 1. The Labute approximate surface area is 180 Å². The van der Waals surface area contributed by atoms with Gasteiger partial charge in [0.2, 0.25) is 0 Å². The molecule has 0 aromatic heterocycles. The van der Waals surface area contributed by atoms with Gasteiger partial charge in [0, 0.05) is 17.2 Å². The van der Waals surface area contributed by atoms with E-state index < -0.39 is 16.0 Å². The predicted molar refractivity (Wildman–Crippen MR) is 114 cm³/mol. The molecule has 0 saturated carbocycles. The standard InChI is InChI=1S/C20H22ClNO7S/c1-12-8-15(16(26-2)11-14(12)21)22-30(24,25)18-10-13(6-7-19(23)28-4)9-17(27-3)20(18)29-5/h6-11,22H,1-5H3/b7-6+. The van der Waals surface area contributed by atoms with Crippen LogP contribution in [0.25, 0.3) is 6.08 Å². The first-order valence-electron chi connectivity index (χ1n) is 8.55. The summed E-state index contributed by atoms with van der Waals surface area (Å²) in [5, 5.41) is 0.434. The molecule has 0 aliphatic heterocycles. The largest absolute Gasteiger partial charge is 0.495 e. The maximum Gasteiger partial charge on any atom is 0.330 e. The minimum atomic E-state index is -4.15. The number of rotatable bonds is 8. The summed E-state index contributed by atoms with van der Waals surface area (Å²) in [6, 6.07) is 5.95. The van der Waals surface area contributed by atoms with Gasteiger partial charge >= 0.3 is 5.97 Å². The number of anilines is 1. The number of carbonyl (C=O) groups excluding carboxylic acids is 1. The molecule has 10 heteroatoms. The van der Waals surface area contributed by atoms with E-state index >= 15 is 0 Å². The van der Waals surface area contributed by atoms with Crippen LogP contribution in [0.15, 0.2) is 35.2 Å². The zero-order chi connectivity index (χ0) is 22.5. The zero-order valence-corrected chi connectivity index (χ0v) is 18.7. The molecule has 0 saturated heterocycles. The maximum atomic E-state index is 13.2. The van der Waals surface area contributed by atoms with Crippen molar-refractivity contribution < 1.29 is 32.2 Å². The second-order valence-electron chi connectivity index (χ2n) is 6.02. The highest BCUT2D eigenvalue weighted by molar-refractivity contribution is 7.92. The van der Waals surface area contributed by atoms with Crippen molar-refractivity contribution in [2.75, 3.05) is 33.2 Å². The summed E-state index contributed by atoms with van der Waals surface area (Å²) in [5.74, 6) is -0.162. The topological polar surface area (TPSA) is 100 Å². The van der Waals surface area contributed by atoms with Crippen molar-refractivity contribution in [2.24, 2.45) is 0 Å². The molecule has 0 aliphatic rings. The first-order valence-corrected chi connectivity index (χ1v) is 10.4. The number of ether oxygens (including phenoxy) is 4. The Morgan fingerprint density at radius 1 is 1.00 bits per heavy atom. The fourth-order valence-electron chi connectivity index (χ4n) is 2.59. The third-order valence-corrected chi connectivity index (χ3v) is 5.87. The molecule has 2 aromatic carbocycles. The van der Waals surface area contributed by atoms with Crippen LogP contribution in [0.3, 0.4) is 0 Å². The molecule has 2 rings (SSSR count). The molecule has 2 aromatic rings. The number of benzene rings is 2. The monoisotopic (exact) mass is 455 g/mol. The molecule has 162 valence electrons. The molecule has 0 amide bonds. The average Bonchev–Trinajstić information content (AvgIpc) is 2.73. The molecule has 0 aliphatic carbocycles. The Balaban J connectivity index is 2.61. The molecule has 0 radical (unpaired) electrons. The van der Waals surface area contributed by atoms with Gasteiger partial charge in [0.25, 0.3) is 10.0 Å². The lowest BCUT2D eigenvalue weighted by atomic mass is 10.2. The first kappa shape index (κ1) is 23.4. The highest BCUT2D eigenvalue weighted by Gasteiger charge is 2.25. The summed E-state index contributed by atoms with van der Waals surface area (Å²) in [6.45, 7) is 1.74. The van der Waals surface area contributed by atoms with Gasteiger partial charge in [0.05, 0.1) is 34.1 Å². The highest BCUT2D eigenvalue weighted by atomic mass is 35.5. The molecule has 0 heterocycles. The molecule has 0 fully saturated rings. The molecule has 1 N–H and O–H groups in total. The summed E-state index contributed by atoms with van der Waals surface area (Å²) in [6.07, 6.45) is 2.57. The van der Waals surface area contributed by atoms with E-state index in [9.17, 15) is 13.2 Å². The van der Waals surface area contributed by atoms with Crippen molar-refractivity contribution in [3.63, 3.8) is 0 Å². The van der Waals surface area contributed by atoms with Gasteiger partial charge in [0.1, 0.15) is 10.6 Å². The molecule has 30 heavy (non-hydrogen) atoms. The second kappa shape index (κ2) is 9.73. The van der Waals surface area contributed by atoms with Crippen molar-refractivity contribution in [1.82, 2.24) is 0 Å². The Morgan fingerprint density at radius 3 is 2.23 bits per heavy atom. The van der Waals surface area contributed by atoms with Crippen molar-refractivity contribution in [2.45, 2.75) is 11.8 Å². The van der Waals surface area contributed by atoms with Gasteiger partial charge in [-0.3, -0.25) is 4.72 Å². The number of methoxy groups -OCH3 is 4. The third-order valence-electron chi connectivity index (χ3n) is 4.09. The molecule has 0 spiro atoms. The molecular formula is C20H22ClNO7S. The number of aryl methyl sites for hydroxylation is 1. The van der Waals surface area contributed by atoms with E-state index in [1.807, 2.05) is 0 Å². The van der Waals surface area contributed by atoms with Gasteiger partial charge in [-0.2, -0.15) is 0 Å². The van der Waals surface area contributed by atoms with Crippen LogP contribution in [0.4, 0.5) is 5.69 Å². The quantitative estimate of drug-likeness (QED) is 0.478. The van der Waals surface area contributed by atoms with Gasteiger partial charge < -0.3 is 18.9 Å². The fraction of sp³-hybridized carbons (Fsp3) is 0.250. The number of hydrogen-bond donors (Lipinski definition) is 1. The maximum absolute atomic E-state index is 13.2. The van der Waals surface area contributed by atoms with Crippen LogP contribution < -0.4 is 18.9 Å². The molecular weight excluding hydrogens is 434 g/mol. The summed E-state index contributed by atoms with van der Waals surface area (Å²) in [7, 11) is 1.20. The van der Waals surface area contributed by atoms with Gasteiger partial charge in [-0.15, -0.1) is 0 Å². The fourth-order valence-corrected chi connectivity index (χ4v) is 4.02. The lowest BCUT2D eigenvalue weighted by molar-refractivity contribution is -0.134. The van der Waals surface area contributed by atoms with E-state index in [1.54, 1.807) is 13.0 Å². The zero-order valence-electron chi connectivity index (χ0n) is 17.1. The van der Waals surface area contributed by atoms with E-state index in [0.29, 0.717) is 16.1 Å². The van der Waals surface area contributed by atoms with Gasteiger partial charge in [-0.05, 0) is 42.3 Å². The van der Waals surface area contributed by atoms with Gasteiger partial charge in [-0.25, -0.2) is 13.2 Å². The number of esters is 1. The van der Waals surface area contributed by atoms with Crippen LogP contribution in [-0.2, 0) is 19.6 Å². The van der Waals surface area contributed by atoms with Gasteiger partial charge in [0.15, 0.2) is 11.5 Å². The summed E-state index contributed by atoms with van der Waals surface area (Å²) < 4.78 is 49.2. The smallest absolute Gasteiger partial charge is 0.330 e. The number of halogens is 1. The minimum Gasteiger partial charge on any atom is -0.495 e. The first-order chi connectivity index (χ1) is 14.2. The van der Waals surface area contributed by atoms with Crippen LogP contribution in [-0.4, -0.2) is 42.8 Å². The summed E-state index contributed by atoms with van der Waals surface area (Å²) >= 11 is 6.09. The highest BCUT2D eigenvalue weighted by Crippen LogP contribution is 2.38. The Hall–Kier alpha value is -2.91. The van der Waals surface area contributed by atoms with Crippen molar-refractivity contribution in [3.05, 3.63) is 46.5 Å². The van der Waals surface area contributed by atoms with Crippen LogP contribution >= 0.6 is 11.6 Å². The van der Waals surface area contributed by atoms with Crippen LogP contribution in [0.2, 0.25) is 5.02 Å². The van der Waals surface area contributed by atoms with E-state index in [4.69, 9.17) is 25.8 Å². The van der Waals surface area contributed by atoms with E-state index in [-0.39, 0.29) is 27.8 Å².